The van der Waals surface area contributed by atoms with Crippen molar-refractivity contribution >= 4 is 48.1 Å². The van der Waals surface area contributed by atoms with Gasteiger partial charge >= 0.3 is 0 Å². The number of amides is 4. The van der Waals surface area contributed by atoms with Crippen molar-refractivity contribution in [1.82, 2.24) is 20.9 Å². The average Bonchev–Trinajstić information content (AvgIpc) is 3.64. The van der Waals surface area contributed by atoms with Crippen LogP contribution in [0.5, 0.6) is 0 Å². The van der Waals surface area contributed by atoms with E-state index in [2.05, 4.69) is 61.0 Å². The molecule has 6 atom stereocenters. The molecule has 2 fully saturated rings. The van der Waals surface area contributed by atoms with Crippen LogP contribution in [0.25, 0.3) is 0 Å². The fourth-order valence-electron chi connectivity index (χ4n) is 7.46. The molecular formula is C42H60N4O6Si. The van der Waals surface area contributed by atoms with Gasteiger partial charge in [0, 0.05) is 6.54 Å². The van der Waals surface area contributed by atoms with Crippen molar-refractivity contribution in [2.24, 2.45) is 5.92 Å². The molecule has 2 aliphatic heterocycles. The van der Waals surface area contributed by atoms with Gasteiger partial charge in [0.2, 0.25) is 23.6 Å². The highest BCUT2D eigenvalue weighted by molar-refractivity contribution is 6.99. The monoisotopic (exact) mass is 744 g/mol. The summed E-state index contributed by atoms with van der Waals surface area (Å²) in [6, 6.07) is 17.9. The van der Waals surface area contributed by atoms with Crippen molar-refractivity contribution in [3.63, 3.8) is 0 Å². The van der Waals surface area contributed by atoms with Crippen LogP contribution in [0.4, 0.5) is 0 Å². The molecule has 2 aromatic rings. The average molecular weight is 745 g/mol. The number of unbranched alkanes of at least 4 members (excludes halogenated alkanes) is 1. The van der Waals surface area contributed by atoms with Crippen LogP contribution in [0.15, 0.2) is 72.8 Å². The summed E-state index contributed by atoms with van der Waals surface area (Å²) in [5.41, 5.74) is -1.29. The summed E-state index contributed by atoms with van der Waals surface area (Å²) in [5, 5.41) is 10.7. The molecule has 10 nitrogen and oxygen atoms in total. The first kappa shape index (κ1) is 41.7. The molecular weight excluding hydrogens is 685 g/mol. The third-order valence-corrected chi connectivity index (χ3v) is 16.3. The van der Waals surface area contributed by atoms with Gasteiger partial charge < -0.3 is 25.3 Å². The number of fused-ring (bicyclic) bond motifs is 1. The lowest BCUT2D eigenvalue weighted by Crippen LogP contribution is -2.68. The molecule has 4 amide bonds. The number of carbonyl (C=O) groups is 5. The zero-order valence-electron chi connectivity index (χ0n) is 32.9. The molecule has 3 N–H and O–H groups in total. The van der Waals surface area contributed by atoms with E-state index in [4.69, 9.17) is 4.43 Å². The number of hydrogen-bond donors (Lipinski definition) is 3. The van der Waals surface area contributed by atoms with Crippen molar-refractivity contribution < 1.29 is 28.4 Å². The van der Waals surface area contributed by atoms with Gasteiger partial charge in [-0.15, -0.1) is 0 Å². The van der Waals surface area contributed by atoms with Gasteiger partial charge in [-0.05, 0) is 79.8 Å². The Hall–Kier alpha value is -4.09. The van der Waals surface area contributed by atoms with E-state index in [-0.39, 0.29) is 41.4 Å². The first-order valence-electron chi connectivity index (χ1n) is 19.3. The standard InChI is InChI=1S/C42H60N4O6Si/c1-9-29(3)36-39(50)46-28-20-26-34(46)38(49)43-33(37(48)45-42(8,10-2)40(51)44-36)25-18-13-19-27-35(47)30(4)52-53(41(5,6)7,31-21-14-11-15-22-31)32-23-16-12-17-24-32/h11-12,14-17,19,21-24,27,29-30,33-34,36H,9-10,13,18,20,25-26,28H2,1-8H3,(H,43,49)(H,44,51)(H,45,48)/b27-19+/t29-,30-,33-,34+,36-,42-/m0/s1. The fourth-order valence-corrected chi connectivity index (χ4v) is 12.1. The van der Waals surface area contributed by atoms with Gasteiger partial charge in [-0.3, -0.25) is 24.0 Å². The number of hydrogen-bond acceptors (Lipinski definition) is 6. The van der Waals surface area contributed by atoms with Gasteiger partial charge in [-0.1, -0.05) is 115 Å². The quantitative estimate of drug-likeness (QED) is 0.157. The minimum atomic E-state index is -2.93. The molecule has 0 aromatic heterocycles. The third-order valence-electron chi connectivity index (χ3n) is 11.2. The summed E-state index contributed by atoms with van der Waals surface area (Å²) in [6.45, 7) is 16.0. The van der Waals surface area contributed by atoms with Crippen LogP contribution in [0.3, 0.4) is 0 Å². The van der Waals surface area contributed by atoms with E-state index in [1.165, 1.54) is 0 Å². The number of rotatable bonds is 13. The van der Waals surface area contributed by atoms with Crippen molar-refractivity contribution in [3.05, 3.63) is 72.8 Å². The Bertz CT molecular complexity index is 1590. The Kier molecular flexibility index (Phi) is 14.0. The molecule has 2 aromatic carbocycles. The van der Waals surface area contributed by atoms with Crippen LogP contribution in [-0.2, 0) is 28.4 Å². The Morgan fingerprint density at radius 1 is 0.962 bits per heavy atom. The largest absolute Gasteiger partial charge is 0.397 e. The van der Waals surface area contributed by atoms with Crippen LogP contribution in [0.2, 0.25) is 5.04 Å². The van der Waals surface area contributed by atoms with E-state index in [1.807, 2.05) is 50.2 Å². The number of nitrogens with zero attached hydrogens (tertiary/aromatic N) is 1. The molecule has 53 heavy (non-hydrogen) atoms. The minimum Gasteiger partial charge on any atom is -0.397 e. The summed E-state index contributed by atoms with van der Waals surface area (Å²) in [5.74, 6) is -1.83. The predicted octanol–water partition coefficient (Wildman–Crippen LogP) is 4.55. The van der Waals surface area contributed by atoms with Crippen molar-refractivity contribution in [3.8, 4) is 0 Å². The van der Waals surface area contributed by atoms with Gasteiger partial charge in [-0.25, -0.2) is 0 Å². The van der Waals surface area contributed by atoms with Crippen molar-refractivity contribution in [2.75, 3.05) is 6.54 Å². The molecule has 2 heterocycles. The van der Waals surface area contributed by atoms with Crippen LogP contribution in [0, 0.1) is 5.92 Å². The van der Waals surface area contributed by atoms with Gasteiger partial charge in [0.25, 0.3) is 8.32 Å². The molecule has 0 radical (unpaired) electrons. The summed E-state index contributed by atoms with van der Waals surface area (Å²) >= 11 is 0. The Labute approximate surface area is 317 Å². The second kappa shape index (κ2) is 17.8. The maximum absolute atomic E-state index is 13.8. The van der Waals surface area contributed by atoms with Gasteiger partial charge in [0.05, 0.1) is 0 Å². The Balaban J connectivity index is 1.48. The zero-order chi connectivity index (χ0) is 39.0. The number of allylic oxidation sites excluding steroid dienone is 1. The van der Waals surface area contributed by atoms with E-state index >= 15 is 0 Å². The zero-order valence-corrected chi connectivity index (χ0v) is 33.9. The fraction of sp³-hybridized carbons (Fsp3) is 0.548. The van der Waals surface area contributed by atoms with Gasteiger partial charge in [-0.2, -0.15) is 0 Å². The van der Waals surface area contributed by atoms with E-state index in [9.17, 15) is 24.0 Å². The number of ketones is 1. The molecule has 0 unspecified atom stereocenters. The van der Waals surface area contributed by atoms with Crippen LogP contribution >= 0.6 is 0 Å². The highest BCUT2D eigenvalue weighted by Gasteiger charge is 2.51. The highest BCUT2D eigenvalue weighted by atomic mass is 28.4. The normalized spacial score (nSPS) is 24.4. The summed E-state index contributed by atoms with van der Waals surface area (Å²) in [4.78, 5) is 70.0. The van der Waals surface area contributed by atoms with E-state index < -0.39 is 49.9 Å². The lowest BCUT2D eigenvalue weighted by Gasteiger charge is -2.44. The predicted molar refractivity (Wildman–Crippen MR) is 211 cm³/mol. The molecule has 2 saturated heterocycles. The maximum atomic E-state index is 13.8. The molecule has 4 rings (SSSR count). The van der Waals surface area contributed by atoms with Crippen molar-refractivity contribution in [2.45, 2.75) is 135 Å². The molecule has 0 aliphatic carbocycles. The van der Waals surface area contributed by atoms with E-state index in [0.29, 0.717) is 38.6 Å². The SMILES string of the molecule is CC[C@H](C)[C@@H]1NC(=O)[C@](C)(CC)NC(=O)[C@H](CCC/C=C/C(=O)[C@H](C)O[Si](c2ccccc2)(c2ccccc2)C(C)(C)C)NC(=O)[C@H]2CCCN2C1=O. The summed E-state index contributed by atoms with van der Waals surface area (Å²) < 4.78 is 6.97. The molecule has 2 aliphatic rings. The number of benzene rings is 2. The molecule has 0 bridgehead atoms. The van der Waals surface area contributed by atoms with Crippen LogP contribution < -0.4 is 26.3 Å². The molecule has 11 heteroatoms. The minimum absolute atomic E-state index is 0.151. The number of carbonyl (C=O) groups excluding carboxylic acids is 5. The second-order valence-corrected chi connectivity index (χ2v) is 20.2. The van der Waals surface area contributed by atoms with E-state index in [0.717, 1.165) is 10.4 Å². The summed E-state index contributed by atoms with van der Waals surface area (Å²) in [6.07, 6.45) is 5.98. The van der Waals surface area contributed by atoms with E-state index in [1.54, 1.807) is 37.8 Å². The lowest BCUT2D eigenvalue weighted by atomic mass is 9.92. The third kappa shape index (κ3) is 9.35. The van der Waals surface area contributed by atoms with Crippen molar-refractivity contribution in [1.29, 1.82) is 0 Å². The first-order chi connectivity index (χ1) is 25.1. The van der Waals surface area contributed by atoms with Gasteiger partial charge in [0.1, 0.15) is 29.8 Å². The molecule has 0 spiro atoms. The Morgan fingerprint density at radius 3 is 2.11 bits per heavy atom. The van der Waals surface area contributed by atoms with Gasteiger partial charge in [0.15, 0.2) is 5.78 Å². The topological polar surface area (TPSA) is 134 Å². The highest BCUT2D eigenvalue weighted by Crippen LogP contribution is 2.37. The number of nitrogens with one attached hydrogen (secondary N) is 3. The smallest absolute Gasteiger partial charge is 0.262 e. The molecule has 288 valence electrons. The van der Waals surface area contributed by atoms with Crippen LogP contribution in [-0.4, -0.2) is 78.9 Å². The van der Waals surface area contributed by atoms with Crippen LogP contribution in [0.1, 0.15) is 100 Å². The summed E-state index contributed by atoms with van der Waals surface area (Å²) in [7, 11) is -2.93. The second-order valence-electron chi connectivity index (χ2n) is 15.9. The maximum Gasteiger partial charge on any atom is 0.262 e. The first-order valence-corrected chi connectivity index (χ1v) is 21.2. The molecule has 0 saturated carbocycles. The lowest BCUT2D eigenvalue weighted by molar-refractivity contribution is -0.145. The Morgan fingerprint density at radius 2 is 1.57 bits per heavy atom.